The van der Waals surface area contributed by atoms with Crippen LogP contribution >= 0.6 is 11.6 Å². The van der Waals surface area contributed by atoms with E-state index in [2.05, 4.69) is 17.1 Å². The van der Waals surface area contributed by atoms with Gasteiger partial charge >= 0.3 is 0 Å². The first kappa shape index (κ1) is 14.9. The summed E-state index contributed by atoms with van der Waals surface area (Å²) >= 11 is 5.75. The average molecular weight is 316 g/mol. The third-order valence-electron chi connectivity index (χ3n) is 3.73. The molecule has 0 fully saturated rings. The Balaban J connectivity index is 1.91. The van der Waals surface area contributed by atoms with Crippen molar-refractivity contribution in [1.82, 2.24) is 4.90 Å². The molecule has 0 radical (unpaired) electrons. The number of carbonyl (C=O) groups excluding carboxylic acids is 1. The van der Waals surface area contributed by atoms with Crippen LogP contribution in [0.1, 0.15) is 21.5 Å². The summed E-state index contributed by atoms with van der Waals surface area (Å²) in [6.45, 7) is 2.42. The van der Waals surface area contributed by atoms with Crippen molar-refractivity contribution in [3.8, 4) is 0 Å². The largest absolute Gasteiger partial charge is 0.292 e. The monoisotopic (exact) mass is 315 g/mol. The summed E-state index contributed by atoms with van der Waals surface area (Å²) in [7, 11) is 0. The van der Waals surface area contributed by atoms with E-state index in [1.807, 2.05) is 12.1 Å². The van der Waals surface area contributed by atoms with Crippen LogP contribution in [0.3, 0.4) is 0 Å². The first-order chi connectivity index (χ1) is 10.6. The zero-order chi connectivity index (χ0) is 15.5. The third kappa shape index (κ3) is 3.11. The lowest BCUT2D eigenvalue weighted by atomic mass is 9.97. The minimum Gasteiger partial charge on any atom is -0.292 e. The molecule has 4 heteroatoms. The second kappa shape index (κ2) is 6.42. The smallest absolute Gasteiger partial charge is 0.196 e. The molecule has 0 atom stereocenters. The Kier molecular flexibility index (Phi) is 4.36. The lowest BCUT2D eigenvalue weighted by molar-refractivity contribution is 0.103. The highest BCUT2D eigenvalue weighted by Gasteiger charge is 2.18. The molecule has 112 valence electrons. The molecule has 2 aromatic rings. The van der Waals surface area contributed by atoms with Gasteiger partial charge in [-0.1, -0.05) is 48.0 Å². The van der Waals surface area contributed by atoms with Gasteiger partial charge in [-0.15, -0.1) is 0 Å². The minimum absolute atomic E-state index is 0.0522. The lowest BCUT2D eigenvalue weighted by Crippen LogP contribution is -2.21. The van der Waals surface area contributed by atoms with Crippen molar-refractivity contribution in [1.29, 1.82) is 0 Å². The van der Waals surface area contributed by atoms with Crippen LogP contribution < -0.4 is 0 Å². The Labute approximate surface area is 133 Å². The summed E-state index contributed by atoms with van der Waals surface area (Å²) in [5.41, 5.74) is 1.50. The van der Waals surface area contributed by atoms with Crippen molar-refractivity contribution in [3.05, 3.63) is 82.1 Å². The molecule has 2 aromatic carbocycles. The SMILES string of the molecule is O=C(c1ccc(Cl)cc1F)c1ccccc1CN1CC=CC1. The maximum atomic E-state index is 14.0. The van der Waals surface area contributed by atoms with Crippen LogP contribution in [-0.2, 0) is 6.54 Å². The Morgan fingerprint density at radius 3 is 2.55 bits per heavy atom. The number of halogens is 2. The van der Waals surface area contributed by atoms with Gasteiger partial charge in [0.05, 0.1) is 5.56 Å². The normalized spacial score (nSPS) is 14.5. The molecule has 3 rings (SSSR count). The van der Waals surface area contributed by atoms with Crippen LogP contribution in [0, 0.1) is 5.82 Å². The summed E-state index contributed by atoms with van der Waals surface area (Å²) in [5.74, 6) is -0.896. The van der Waals surface area contributed by atoms with Crippen molar-refractivity contribution in [2.45, 2.75) is 6.54 Å². The summed E-state index contributed by atoms with van der Waals surface area (Å²) in [6.07, 6.45) is 4.20. The topological polar surface area (TPSA) is 20.3 Å². The minimum atomic E-state index is -0.588. The Hall–Kier alpha value is -1.97. The second-order valence-corrected chi connectivity index (χ2v) is 5.71. The van der Waals surface area contributed by atoms with E-state index in [9.17, 15) is 9.18 Å². The molecule has 0 amide bonds. The van der Waals surface area contributed by atoms with Crippen LogP contribution in [0.2, 0.25) is 5.02 Å². The van der Waals surface area contributed by atoms with Gasteiger partial charge in [-0.25, -0.2) is 4.39 Å². The molecular formula is C18H15ClFNO. The highest BCUT2D eigenvalue weighted by Crippen LogP contribution is 2.21. The summed E-state index contributed by atoms with van der Waals surface area (Å²) < 4.78 is 14.0. The molecule has 1 aliphatic rings. The number of rotatable bonds is 4. The fraction of sp³-hybridized carbons (Fsp3) is 0.167. The van der Waals surface area contributed by atoms with Crippen LogP contribution in [0.25, 0.3) is 0 Å². The number of benzene rings is 2. The number of hydrogen-bond donors (Lipinski definition) is 0. The first-order valence-corrected chi connectivity index (χ1v) is 7.48. The zero-order valence-electron chi connectivity index (χ0n) is 11.9. The van der Waals surface area contributed by atoms with E-state index in [-0.39, 0.29) is 16.4 Å². The highest BCUT2D eigenvalue weighted by atomic mass is 35.5. The van der Waals surface area contributed by atoms with Gasteiger partial charge in [0, 0.05) is 30.2 Å². The van der Waals surface area contributed by atoms with Gasteiger partial charge in [0.25, 0.3) is 0 Å². The van der Waals surface area contributed by atoms with Gasteiger partial charge in [0.15, 0.2) is 5.78 Å². The zero-order valence-corrected chi connectivity index (χ0v) is 12.7. The van der Waals surface area contributed by atoms with Gasteiger partial charge in [-0.3, -0.25) is 9.69 Å². The van der Waals surface area contributed by atoms with Crippen LogP contribution in [0.5, 0.6) is 0 Å². The first-order valence-electron chi connectivity index (χ1n) is 7.10. The van der Waals surface area contributed by atoms with Crippen molar-refractivity contribution in [2.24, 2.45) is 0 Å². The predicted molar refractivity (Wildman–Crippen MR) is 85.7 cm³/mol. The molecule has 1 aliphatic heterocycles. The van der Waals surface area contributed by atoms with Crippen LogP contribution in [0.15, 0.2) is 54.6 Å². The molecule has 0 aromatic heterocycles. The number of nitrogens with zero attached hydrogens (tertiary/aromatic N) is 1. The van der Waals surface area contributed by atoms with Gasteiger partial charge in [-0.05, 0) is 23.8 Å². The van der Waals surface area contributed by atoms with E-state index < -0.39 is 5.82 Å². The maximum Gasteiger partial charge on any atom is 0.196 e. The number of ketones is 1. The maximum absolute atomic E-state index is 14.0. The summed E-state index contributed by atoms with van der Waals surface area (Å²) in [5, 5.41) is 0.283. The van der Waals surface area contributed by atoms with Crippen LogP contribution in [-0.4, -0.2) is 23.8 Å². The molecule has 0 saturated heterocycles. The molecule has 2 nitrogen and oxygen atoms in total. The average Bonchev–Trinajstić information content (AvgIpc) is 3.00. The number of carbonyl (C=O) groups is 1. The van der Waals surface area contributed by atoms with E-state index in [0.29, 0.717) is 12.1 Å². The third-order valence-corrected chi connectivity index (χ3v) is 3.96. The lowest BCUT2D eigenvalue weighted by Gasteiger charge is -2.17. The van der Waals surface area contributed by atoms with Crippen molar-refractivity contribution in [3.63, 3.8) is 0 Å². The molecule has 1 heterocycles. The Morgan fingerprint density at radius 2 is 1.82 bits per heavy atom. The molecule has 0 N–H and O–H groups in total. The van der Waals surface area contributed by atoms with Gasteiger partial charge in [-0.2, -0.15) is 0 Å². The molecule has 0 spiro atoms. The standard InChI is InChI=1S/C18H15ClFNO/c19-14-7-8-16(17(20)11-14)18(22)15-6-2-1-5-13(15)12-21-9-3-4-10-21/h1-8,11H,9-10,12H2. The fourth-order valence-electron chi connectivity index (χ4n) is 2.59. The Bertz CT molecular complexity index is 734. The van der Waals surface area contributed by atoms with Gasteiger partial charge < -0.3 is 0 Å². The van der Waals surface area contributed by atoms with Gasteiger partial charge in [0.2, 0.25) is 0 Å². The summed E-state index contributed by atoms with van der Waals surface area (Å²) in [6, 6.07) is 11.5. The molecule has 0 bridgehead atoms. The van der Waals surface area contributed by atoms with Crippen molar-refractivity contribution in [2.75, 3.05) is 13.1 Å². The fourth-order valence-corrected chi connectivity index (χ4v) is 2.75. The van der Waals surface area contributed by atoms with Crippen LogP contribution in [0.4, 0.5) is 4.39 Å². The van der Waals surface area contributed by atoms with Crippen molar-refractivity contribution < 1.29 is 9.18 Å². The molecular weight excluding hydrogens is 301 g/mol. The predicted octanol–water partition coefficient (Wildman–Crippen LogP) is 4.08. The summed E-state index contributed by atoms with van der Waals surface area (Å²) in [4.78, 5) is 14.9. The molecule has 22 heavy (non-hydrogen) atoms. The number of hydrogen-bond acceptors (Lipinski definition) is 2. The quantitative estimate of drug-likeness (QED) is 0.626. The van der Waals surface area contributed by atoms with E-state index in [0.717, 1.165) is 18.7 Å². The molecule has 0 saturated carbocycles. The Morgan fingerprint density at radius 1 is 1.09 bits per heavy atom. The van der Waals surface area contributed by atoms with E-state index >= 15 is 0 Å². The van der Waals surface area contributed by atoms with E-state index in [1.165, 1.54) is 18.2 Å². The van der Waals surface area contributed by atoms with Gasteiger partial charge in [0.1, 0.15) is 5.82 Å². The van der Waals surface area contributed by atoms with E-state index in [1.54, 1.807) is 12.1 Å². The van der Waals surface area contributed by atoms with Crippen molar-refractivity contribution >= 4 is 17.4 Å². The molecule has 0 aliphatic carbocycles. The second-order valence-electron chi connectivity index (χ2n) is 5.28. The highest BCUT2D eigenvalue weighted by molar-refractivity contribution is 6.30. The molecule has 0 unspecified atom stereocenters. The van der Waals surface area contributed by atoms with E-state index in [4.69, 9.17) is 11.6 Å².